The SMILES string of the molecule is C=CCOC(=O)N(C[C@H](CC)NC(=C)[C@H](CC(C)C)NC(=O)OC(C)(C)C)c1ccc(OC)cc1. The third-order valence-corrected chi connectivity index (χ3v) is 5.03. The van der Waals surface area contributed by atoms with Gasteiger partial charge in [-0.15, -0.1) is 0 Å². The van der Waals surface area contributed by atoms with Gasteiger partial charge in [0.05, 0.1) is 13.2 Å². The zero-order chi connectivity index (χ0) is 26.6. The zero-order valence-electron chi connectivity index (χ0n) is 22.3. The van der Waals surface area contributed by atoms with Crippen LogP contribution in [0.3, 0.4) is 0 Å². The van der Waals surface area contributed by atoms with Gasteiger partial charge in [-0.05, 0) is 63.8 Å². The molecule has 0 bridgehead atoms. The number of nitrogens with one attached hydrogen (secondary N) is 2. The van der Waals surface area contributed by atoms with Crippen molar-refractivity contribution in [2.75, 3.05) is 25.2 Å². The van der Waals surface area contributed by atoms with Gasteiger partial charge in [-0.3, -0.25) is 4.90 Å². The molecule has 1 aromatic rings. The molecule has 0 fully saturated rings. The van der Waals surface area contributed by atoms with Crippen LogP contribution in [0.15, 0.2) is 49.2 Å². The Labute approximate surface area is 210 Å². The second-order valence-corrected chi connectivity index (χ2v) is 9.78. The van der Waals surface area contributed by atoms with Gasteiger partial charge in [0, 0.05) is 24.0 Å². The number of benzene rings is 1. The molecule has 196 valence electrons. The van der Waals surface area contributed by atoms with Crippen LogP contribution < -0.4 is 20.3 Å². The molecule has 8 heteroatoms. The lowest BCUT2D eigenvalue weighted by atomic mass is 10.0. The first-order chi connectivity index (χ1) is 16.4. The van der Waals surface area contributed by atoms with Crippen molar-refractivity contribution in [2.45, 2.75) is 72.1 Å². The first-order valence-corrected chi connectivity index (χ1v) is 12.0. The predicted octanol–water partition coefficient (Wildman–Crippen LogP) is 5.65. The van der Waals surface area contributed by atoms with Crippen molar-refractivity contribution >= 4 is 17.9 Å². The van der Waals surface area contributed by atoms with Crippen LogP contribution in [-0.4, -0.2) is 50.1 Å². The smallest absolute Gasteiger partial charge is 0.414 e. The molecule has 35 heavy (non-hydrogen) atoms. The van der Waals surface area contributed by atoms with Crippen LogP contribution >= 0.6 is 0 Å². The Kier molecular flexibility index (Phi) is 12.2. The van der Waals surface area contributed by atoms with E-state index in [4.69, 9.17) is 14.2 Å². The number of anilines is 1. The summed E-state index contributed by atoms with van der Waals surface area (Å²) in [7, 11) is 1.59. The maximum absolute atomic E-state index is 12.9. The van der Waals surface area contributed by atoms with Gasteiger partial charge in [-0.2, -0.15) is 0 Å². The van der Waals surface area contributed by atoms with E-state index in [2.05, 4.69) is 37.6 Å². The fourth-order valence-corrected chi connectivity index (χ4v) is 3.33. The lowest BCUT2D eigenvalue weighted by molar-refractivity contribution is 0.0505. The highest BCUT2D eigenvalue weighted by molar-refractivity contribution is 5.87. The number of hydrogen-bond donors (Lipinski definition) is 2. The molecule has 2 amide bonds. The number of nitrogens with zero attached hydrogens (tertiary/aromatic N) is 1. The van der Waals surface area contributed by atoms with Crippen LogP contribution in [-0.2, 0) is 9.47 Å². The van der Waals surface area contributed by atoms with Crippen LogP contribution in [0.1, 0.15) is 54.4 Å². The topological polar surface area (TPSA) is 89.1 Å². The average Bonchev–Trinajstić information content (AvgIpc) is 2.78. The molecule has 0 heterocycles. The van der Waals surface area contributed by atoms with Gasteiger partial charge in [-0.1, -0.05) is 40.0 Å². The summed E-state index contributed by atoms with van der Waals surface area (Å²) < 4.78 is 16.0. The van der Waals surface area contributed by atoms with Crippen molar-refractivity contribution in [3.05, 3.63) is 49.2 Å². The summed E-state index contributed by atoms with van der Waals surface area (Å²) in [5.41, 5.74) is 0.736. The summed E-state index contributed by atoms with van der Waals surface area (Å²) in [6, 6.07) is 6.72. The Hall–Kier alpha value is -3.16. The molecule has 0 saturated heterocycles. The highest BCUT2D eigenvalue weighted by Gasteiger charge is 2.25. The molecule has 0 unspecified atom stereocenters. The molecule has 0 aliphatic carbocycles. The molecule has 1 rings (SSSR count). The first-order valence-electron chi connectivity index (χ1n) is 12.0. The normalized spacial score (nSPS) is 12.8. The summed E-state index contributed by atoms with van der Waals surface area (Å²) in [6.07, 6.45) is 1.95. The number of alkyl carbamates (subject to hydrolysis) is 1. The number of hydrogen-bond acceptors (Lipinski definition) is 6. The number of ether oxygens (including phenoxy) is 3. The highest BCUT2D eigenvalue weighted by Crippen LogP contribution is 2.21. The minimum absolute atomic E-state index is 0.110. The van der Waals surface area contributed by atoms with Gasteiger partial charge in [0.25, 0.3) is 0 Å². The molecule has 0 saturated carbocycles. The number of carbonyl (C=O) groups excluding carboxylic acids is 2. The lowest BCUT2D eigenvalue weighted by Gasteiger charge is -2.31. The second kappa shape index (κ2) is 14.3. The quantitative estimate of drug-likeness (QED) is 0.348. The van der Waals surface area contributed by atoms with E-state index in [1.165, 1.54) is 6.08 Å². The molecule has 2 atom stereocenters. The van der Waals surface area contributed by atoms with E-state index in [0.717, 1.165) is 0 Å². The Morgan fingerprint density at radius 3 is 2.26 bits per heavy atom. The Balaban J connectivity index is 3.03. The molecule has 2 N–H and O–H groups in total. The monoisotopic (exact) mass is 489 g/mol. The zero-order valence-corrected chi connectivity index (χ0v) is 22.3. The highest BCUT2D eigenvalue weighted by atomic mass is 16.6. The first kappa shape index (κ1) is 29.9. The van der Waals surface area contributed by atoms with Gasteiger partial charge >= 0.3 is 12.2 Å². The largest absolute Gasteiger partial charge is 0.497 e. The van der Waals surface area contributed by atoms with Crippen molar-refractivity contribution in [1.29, 1.82) is 0 Å². The molecule has 0 radical (unpaired) electrons. The van der Waals surface area contributed by atoms with E-state index in [1.807, 2.05) is 27.7 Å². The fraction of sp³-hybridized carbons (Fsp3) is 0.556. The van der Waals surface area contributed by atoms with Crippen molar-refractivity contribution < 1.29 is 23.8 Å². The fourth-order valence-electron chi connectivity index (χ4n) is 3.33. The molecular weight excluding hydrogens is 446 g/mol. The van der Waals surface area contributed by atoms with Crippen LogP contribution in [0.5, 0.6) is 5.75 Å². The molecule has 0 aromatic heterocycles. The molecule has 1 aromatic carbocycles. The van der Waals surface area contributed by atoms with Crippen molar-refractivity contribution in [3.63, 3.8) is 0 Å². The maximum Gasteiger partial charge on any atom is 0.414 e. The molecule has 8 nitrogen and oxygen atoms in total. The minimum atomic E-state index is -0.599. The van der Waals surface area contributed by atoms with E-state index >= 15 is 0 Å². The number of rotatable bonds is 13. The molecular formula is C27H43N3O5. The minimum Gasteiger partial charge on any atom is -0.497 e. The van der Waals surface area contributed by atoms with Gasteiger partial charge in [0.1, 0.15) is 18.0 Å². The third kappa shape index (κ3) is 11.2. The van der Waals surface area contributed by atoms with Gasteiger partial charge in [0.15, 0.2) is 0 Å². The second-order valence-electron chi connectivity index (χ2n) is 9.78. The molecule has 0 spiro atoms. The van der Waals surface area contributed by atoms with Crippen LogP contribution in [0.25, 0.3) is 0 Å². The van der Waals surface area contributed by atoms with E-state index in [9.17, 15) is 9.59 Å². The van der Waals surface area contributed by atoms with Crippen LogP contribution in [0, 0.1) is 5.92 Å². The third-order valence-electron chi connectivity index (χ3n) is 5.03. The summed E-state index contributed by atoms with van der Waals surface area (Å²) in [5, 5.41) is 6.34. The Bertz CT molecular complexity index is 830. The van der Waals surface area contributed by atoms with E-state index in [0.29, 0.717) is 42.4 Å². The maximum atomic E-state index is 12.9. The van der Waals surface area contributed by atoms with E-state index in [1.54, 1.807) is 36.3 Å². The number of methoxy groups -OCH3 is 1. The van der Waals surface area contributed by atoms with Crippen molar-refractivity contribution in [3.8, 4) is 5.75 Å². The summed E-state index contributed by atoms with van der Waals surface area (Å²) in [4.78, 5) is 26.8. The van der Waals surface area contributed by atoms with Crippen LogP contribution in [0.2, 0.25) is 0 Å². The van der Waals surface area contributed by atoms with Gasteiger partial charge < -0.3 is 24.8 Å². The van der Waals surface area contributed by atoms with Crippen molar-refractivity contribution in [2.24, 2.45) is 5.92 Å². The average molecular weight is 490 g/mol. The molecule has 0 aliphatic heterocycles. The Morgan fingerprint density at radius 1 is 1.14 bits per heavy atom. The number of carbonyl (C=O) groups is 2. The standard InChI is InChI=1S/C27H43N3O5/c1-10-16-34-26(32)30(22-12-14-23(33-9)15-13-22)18-21(11-2)28-20(5)24(17-19(3)4)29-25(31)35-27(6,7)8/h10,12-15,19,21,24,28H,1,5,11,16-18H2,2-4,6-9H3,(H,29,31)/t21-,24-/m0/s1. The molecule has 0 aliphatic rings. The van der Waals surface area contributed by atoms with E-state index < -0.39 is 17.8 Å². The number of amides is 2. The predicted molar refractivity (Wildman–Crippen MR) is 141 cm³/mol. The van der Waals surface area contributed by atoms with Crippen LogP contribution in [0.4, 0.5) is 15.3 Å². The lowest BCUT2D eigenvalue weighted by Crippen LogP contribution is -2.48. The van der Waals surface area contributed by atoms with Gasteiger partial charge in [-0.25, -0.2) is 9.59 Å². The van der Waals surface area contributed by atoms with Gasteiger partial charge in [0.2, 0.25) is 0 Å². The van der Waals surface area contributed by atoms with Crippen molar-refractivity contribution in [1.82, 2.24) is 10.6 Å². The summed E-state index contributed by atoms with van der Waals surface area (Å²) in [6.45, 7) is 19.9. The summed E-state index contributed by atoms with van der Waals surface area (Å²) >= 11 is 0. The Morgan fingerprint density at radius 2 is 1.77 bits per heavy atom. The summed E-state index contributed by atoms with van der Waals surface area (Å²) in [5.74, 6) is 1.01. The van der Waals surface area contributed by atoms with E-state index in [-0.39, 0.29) is 18.7 Å².